The van der Waals surface area contributed by atoms with Gasteiger partial charge in [0.1, 0.15) is 5.58 Å². The second kappa shape index (κ2) is 5.31. The molecule has 0 aliphatic rings. The van der Waals surface area contributed by atoms with Crippen molar-refractivity contribution in [2.24, 2.45) is 0 Å². The molecule has 22 heavy (non-hydrogen) atoms. The molecule has 110 valence electrons. The lowest BCUT2D eigenvalue weighted by atomic mass is 10.1. The van der Waals surface area contributed by atoms with Gasteiger partial charge in [0.15, 0.2) is 5.76 Å². The highest BCUT2D eigenvalue weighted by molar-refractivity contribution is 9.10. The highest BCUT2D eigenvalue weighted by Crippen LogP contribution is 2.31. The van der Waals surface area contributed by atoms with Crippen molar-refractivity contribution in [3.05, 3.63) is 62.7 Å². The molecule has 0 bridgehead atoms. The first-order valence-electron chi connectivity index (χ1n) is 6.26. The van der Waals surface area contributed by atoms with Crippen LogP contribution in [-0.2, 0) is 0 Å². The van der Waals surface area contributed by atoms with Crippen LogP contribution in [-0.4, -0.2) is 16.2 Å². The molecule has 2 aromatic carbocycles. The summed E-state index contributed by atoms with van der Waals surface area (Å²) in [6.45, 7) is 0. The van der Waals surface area contributed by atoms with Gasteiger partial charge in [0.25, 0.3) is 0 Å². The summed E-state index contributed by atoms with van der Waals surface area (Å²) in [4.78, 5) is 23.1. The van der Waals surface area contributed by atoms with Crippen molar-refractivity contribution in [2.75, 3.05) is 0 Å². The Morgan fingerprint density at radius 2 is 1.77 bits per heavy atom. The predicted molar refractivity (Wildman–Crippen MR) is 84.2 cm³/mol. The summed E-state index contributed by atoms with van der Waals surface area (Å²) in [5, 5.41) is 19.2. The second-order valence-corrected chi connectivity index (χ2v) is 5.55. The van der Waals surface area contributed by atoms with E-state index in [0.717, 1.165) is 0 Å². The molecular formula is C16H9BrO5. The summed E-state index contributed by atoms with van der Waals surface area (Å²) >= 11 is 3.26. The molecule has 0 fully saturated rings. The average Bonchev–Trinajstić information content (AvgIpc) is 2.51. The van der Waals surface area contributed by atoms with Gasteiger partial charge in [0.05, 0.1) is 10.9 Å². The molecule has 5 nitrogen and oxygen atoms in total. The molecule has 0 saturated heterocycles. The number of aromatic carboxylic acids is 1. The van der Waals surface area contributed by atoms with E-state index in [1.165, 1.54) is 24.3 Å². The fraction of sp³-hybridized carbons (Fsp3) is 0. The molecular weight excluding hydrogens is 352 g/mol. The monoisotopic (exact) mass is 360 g/mol. The van der Waals surface area contributed by atoms with Crippen molar-refractivity contribution >= 4 is 32.9 Å². The van der Waals surface area contributed by atoms with Crippen LogP contribution < -0.4 is 5.43 Å². The van der Waals surface area contributed by atoms with Gasteiger partial charge in [-0.2, -0.15) is 0 Å². The number of hydrogen-bond acceptors (Lipinski definition) is 4. The van der Waals surface area contributed by atoms with Crippen LogP contribution in [0, 0.1) is 0 Å². The van der Waals surface area contributed by atoms with Crippen molar-refractivity contribution in [3.8, 4) is 17.1 Å². The lowest BCUT2D eigenvalue weighted by Crippen LogP contribution is -2.02. The normalized spacial score (nSPS) is 10.8. The largest absolute Gasteiger partial charge is 0.502 e. The Labute approximate surface area is 132 Å². The molecule has 1 heterocycles. The van der Waals surface area contributed by atoms with Gasteiger partial charge in [-0.1, -0.05) is 28.1 Å². The summed E-state index contributed by atoms with van der Waals surface area (Å²) in [5.41, 5.74) is 0.322. The summed E-state index contributed by atoms with van der Waals surface area (Å²) in [5.74, 6) is -1.55. The van der Waals surface area contributed by atoms with Gasteiger partial charge in [-0.25, -0.2) is 4.79 Å². The Morgan fingerprint density at radius 3 is 2.41 bits per heavy atom. The first-order valence-corrected chi connectivity index (χ1v) is 7.06. The number of carboxylic acids is 1. The molecule has 2 N–H and O–H groups in total. The van der Waals surface area contributed by atoms with Crippen LogP contribution in [0.1, 0.15) is 10.4 Å². The summed E-state index contributed by atoms with van der Waals surface area (Å²) in [7, 11) is 0. The maximum Gasteiger partial charge on any atom is 0.335 e. The first-order chi connectivity index (χ1) is 10.5. The maximum atomic E-state index is 12.2. The molecule has 3 rings (SSSR count). The van der Waals surface area contributed by atoms with Gasteiger partial charge in [0, 0.05) is 10.0 Å². The third kappa shape index (κ3) is 2.37. The number of halogens is 1. The Bertz CT molecular complexity index is 941. The van der Waals surface area contributed by atoms with Gasteiger partial charge in [-0.05, 0) is 30.3 Å². The van der Waals surface area contributed by atoms with E-state index >= 15 is 0 Å². The van der Waals surface area contributed by atoms with E-state index < -0.39 is 17.1 Å². The Hall–Kier alpha value is -2.60. The highest BCUT2D eigenvalue weighted by atomic mass is 79.9. The molecule has 6 heteroatoms. The molecule has 3 aromatic rings. The highest BCUT2D eigenvalue weighted by Gasteiger charge is 2.16. The minimum Gasteiger partial charge on any atom is -0.502 e. The molecule has 0 spiro atoms. The van der Waals surface area contributed by atoms with E-state index in [4.69, 9.17) is 9.52 Å². The quantitative estimate of drug-likeness (QED) is 0.728. The lowest BCUT2D eigenvalue weighted by molar-refractivity contribution is 0.0697. The average molecular weight is 361 g/mol. The SMILES string of the molecule is O=C(O)c1ccc(-c2oc3ccc(Br)cc3c(=O)c2O)cc1. The number of fused-ring (bicyclic) bond motifs is 1. The fourth-order valence-corrected chi connectivity index (χ4v) is 2.48. The second-order valence-electron chi connectivity index (χ2n) is 4.63. The van der Waals surface area contributed by atoms with Crippen LogP contribution in [0.4, 0.5) is 0 Å². The number of benzene rings is 2. The topological polar surface area (TPSA) is 87.7 Å². The van der Waals surface area contributed by atoms with Crippen LogP contribution >= 0.6 is 15.9 Å². The molecule has 0 unspecified atom stereocenters. The van der Waals surface area contributed by atoms with Crippen LogP contribution in [0.25, 0.3) is 22.3 Å². The zero-order valence-electron chi connectivity index (χ0n) is 11.0. The molecule has 0 atom stereocenters. The van der Waals surface area contributed by atoms with E-state index in [1.807, 2.05) is 0 Å². The van der Waals surface area contributed by atoms with Gasteiger partial charge in [-0.15, -0.1) is 0 Å². The number of rotatable bonds is 2. The molecule has 0 saturated carbocycles. The summed E-state index contributed by atoms with van der Waals surface area (Å²) in [6, 6.07) is 10.6. The zero-order valence-corrected chi connectivity index (χ0v) is 12.6. The molecule has 1 aromatic heterocycles. The summed E-state index contributed by atoms with van der Waals surface area (Å²) < 4.78 is 6.30. The number of aromatic hydroxyl groups is 1. The molecule has 0 aliphatic heterocycles. The van der Waals surface area contributed by atoms with E-state index in [-0.39, 0.29) is 16.7 Å². The first kappa shape index (κ1) is 14.3. The third-order valence-electron chi connectivity index (χ3n) is 3.22. The van der Waals surface area contributed by atoms with Crippen molar-refractivity contribution in [1.29, 1.82) is 0 Å². The Kier molecular flexibility index (Phi) is 3.46. The molecule has 0 amide bonds. The van der Waals surface area contributed by atoms with Crippen molar-refractivity contribution < 1.29 is 19.4 Å². The Balaban J connectivity index is 2.23. The number of carboxylic acid groups (broad SMARTS) is 1. The lowest BCUT2D eigenvalue weighted by Gasteiger charge is -2.06. The van der Waals surface area contributed by atoms with E-state index in [1.54, 1.807) is 18.2 Å². The van der Waals surface area contributed by atoms with E-state index in [0.29, 0.717) is 15.6 Å². The van der Waals surface area contributed by atoms with Crippen molar-refractivity contribution in [3.63, 3.8) is 0 Å². The predicted octanol–water partition coefficient (Wildman–Crippen LogP) is 3.63. The van der Waals surface area contributed by atoms with Crippen LogP contribution in [0.5, 0.6) is 5.75 Å². The fourth-order valence-electron chi connectivity index (χ4n) is 2.12. The van der Waals surface area contributed by atoms with Gasteiger partial charge >= 0.3 is 5.97 Å². The van der Waals surface area contributed by atoms with Crippen LogP contribution in [0.2, 0.25) is 0 Å². The molecule has 0 aliphatic carbocycles. The number of hydrogen-bond donors (Lipinski definition) is 2. The van der Waals surface area contributed by atoms with Gasteiger partial charge in [0.2, 0.25) is 11.2 Å². The Morgan fingerprint density at radius 1 is 1.09 bits per heavy atom. The van der Waals surface area contributed by atoms with E-state index in [2.05, 4.69) is 15.9 Å². The van der Waals surface area contributed by atoms with Crippen molar-refractivity contribution in [1.82, 2.24) is 0 Å². The maximum absolute atomic E-state index is 12.2. The van der Waals surface area contributed by atoms with E-state index in [9.17, 15) is 14.7 Å². The minimum absolute atomic E-state index is 0.0109. The standard InChI is InChI=1S/C16H9BrO5/c17-10-5-6-12-11(7-10)13(18)14(19)15(22-12)8-1-3-9(4-2-8)16(20)21/h1-7,19H,(H,20,21). The van der Waals surface area contributed by atoms with Crippen LogP contribution in [0.15, 0.2) is 56.1 Å². The molecule has 0 radical (unpaired) electrons. The minimum atomic E-state index is -1.06. The smallest absolute Gasteiger partial charge is 0.335 e. The zero-order chi connectivity index (χ0) is 15.9. The van der Waals surface area contributed by atoms with Gasteiger partial charge < -0.3 is 14.6 Å². The summed E-state index contributed by atoms with van der Waals surface area (Å²) in [6.07, 6.45) is 0. The third-order valence-corrected chi connectivity index (χ3v) is 3.72. The van der Waals surface area contributed by atoms with Crippen LogP contribution in [0.3, 0.4) is 0 Å². The van der Waals surface area contributed by atoms with Crippen molar-refractivity contribution in [2.45, 2.75) is 0 Å². The van der Waals surface area contributed by atoms with Gasteiger partial charge in [-0.3, -0.25) is 4.79 Å². The number of carbonyl (C=O) groups is 1.